The summed E-state index contributed by atoms with van der Waals surface area (Å²) in [4.78, 5) is 19.5. The SMILES string of the molecule is CCN(CC)C(=O)C1Sc2ccccc2-c2[nH]c3ccc(F)cc3c21. The highest BCUT2D eigenvalue weighted by atomic mass is 32.2. The van der Waals surface area contributed by atoms with Crippen molar-refractivity contribution in [3.63, 3.8) is 0 Å². The van der Waals surface area contributed by atoms with E-state index in [0.29, 0.717) is 13.1 Å². The molecule has 1 atom stereocenters. The molecule has 1 aliphatic rings. The number of aromatic amines is 1. The molecule has 0 aliphatic carbocycles. The molecule has 3 aromatic rings. The lowest BCUT2D eigenvalue weighted by atomic mass is 10.0. The highest BCUT2D eigenvalue weighted by molar-refractivity contribution is 8.00. The third-order valence-corrected chi connectivity index (χ3v) is 6.05. The van der Waals surface area contributed by atoms with Crippen molar-refractivity contribution in [1.29, 1.82) is 0 Å². The molecule has 4 rings (SSSR count). The fraction of sp³-hybridized carbons (Fsp3) is 0.250. The molecule has 1 N–H and O–H groups in total. The number of hydrogen-bond acceptors (Lipinski definition) is 2. The number of nitrogens with zero attached hydrogens (tertiary/aromatic N) is 1. The van der Waals surface area contributed by atoms with Crippen LogP contribution in [0.3, 0.4) is 0 Å². The van der Waals surface area contributed by atoms with Gasteiger partial charge in [-0.15, -0.1) is 11.8 Å². The Morgan fingerprint density at radius 3 is 2.72 bits per heavy atom. The number of carbonyl (C=O) groups is 1. The van der Waals surface area contributed by atoms with Gasteiger partial charge in [-0.3, -0.25) is 4.79 Å². The number of nitrogens with one attached hydrogen (secondary N) is 1. The lowest BCUT2D eigenvalue weighted by Gasteiger charge is -2.29. The van der Waals surface area contributed by atoms with Crippen molar-refractivity contribution in [2.75, 3.05) is 13.1 Å². The Labute approximate surface area is 150 Å². The molecule has 0 saturated carbocycles. The van der Waals surface area contributed by atoms with Crippen LogP contribution in [0.1, 0.15) is 24.7 Å². The number of H-pyrrole nitrogens is 1. The molecule has 1 unspecified atom stereocenters. The maximum Gasteiger partial charge on any atom is 0.240 e. The molecule has 128 valence electrons. The number of benzene rings is 2. The quantitative estimate of drug-likeness (QED) is 0.719. The van der Waals surface area contributed by atoms with Crippen LogP contribution in [0.25, 0.3) is 22.2 Å². The van der Waals surface area contributed by atoms with Crippen LogP contribution < -0.4 is 0 Å². The summed E-state index contributed by atoms with van der Waals surface area (Å²) >= 11 is 1.56. The summed E-state index contributed by atoms with van der Waals surface area (Å²) in [6.45, 7) is 5.30. The number of thioether (sulfide) groups is 1. The van der Waals surface area contributed by atoms with Crippen molar-refractivity contribution in [3.8, 4) is 11.3 Å². The van der Waals surface area contributed by atoms with Gasteiger partial charge >= 0.3 is 0 Å². The number of carbonyl (C=O) groups excluding carboxylic acids is 1. The molecular weight excluding hydrogens is 335 g/mol. The Kier molecular flexibility index (Phi) is 4.04. The largest absolute Gasteiger partial charge is 0.354 e. The number of hydrogen-bond donors (Lipinski definition) is 1. The smallest absolute Gasteiger partial charge is 0.240 e. The van der Waals surface area contributed by atoms with Gasteiger partial charge in [0.15, 0.2) is 0 Å². The van der Waals surface area contributed by atoms with Crippen LogP contribution in [0.15, 0.2) is 47.4 Å². The van der Waals surface area contributed by atoms with E-state index < -0.39 is 0 Å². The summed E-state index contributed by atoms with van der Waals surface area (Å²) in [5.41, 5.74) is 3.76. The van der Waals surface area contributed by atoms with Gasteiger partial charge in [0.2, 0.25) is 5.91 Å². The number of aromatic nitrogens is 1. The Balaban J connectivity index is 1.97. The van der Waals surface area contributed by atoms with Crippen LogP contribution in [-0.2, 0) is 4.79 Å². The molecule has 0 saturated heterocycles. The highest BCUT2D eigenvalue weighted by Crippen LogP contribution is 2.51. The van der Waals surface area contributed by atoms with Crippen LogP contribution in [0.2, 0.25) is 0 Å². The van der Waals surface area contributed by atoms with Crippen molar-refractivity contribution in [3.05, 3.63) is 53.8 Å². The number of rotatable bonds is 3. The maximum atomic E-state index is 13.9. The summed E-state index contributed by atoms with van der Waals surface area (Å²) in [7, 11) is 0. The highest BCUT2D eigenvalue weighted by Gasteiger charge is 2.35. The first-order valence-corrected chi connectivity index (χ1v) is 9.38. The fourth-order valence-electron chi connectivity index (χ4n) is 3.51. The molecule has 1 amide bonds. The fourth-order valence-corrected chi connectivity index (χ4v) is 4.83. The minimum absolute atomic E-state index is 0.0796. The standard InChI is InChI=1S/C20H19FN2OS/c1-3-23(4-2)20(24)19-17-14-11-12(21)9-10-15(14)22-18(17)13-7-5-6-8-16(13)25-19/h5-11,19,22H,3-4H2,1-2H3. The Morgan fingerprint density at radius 2 is 1.96 bits per heavy atom. The van der Waals surface area contributed by atoms with Crippen LogP contribution in [-0.4, -0.2) is 28.9 Å². The molecule has 1 aromatic heterocycles. The van der Waals surface area contributed by atoms with Gasteiger partial charge in [0, 0.05) is 40.0 Å². The van der Waals surface area contributed by atoms with E-state index in [4.69, 9.17) is 0 Å². The van der Waals surface area contributed by atoms with Crippen molar-refractivity contribution in [1.82, 2.24) is 9.88 Å². The number of likely N-dealkylation sites (N-methyl/N-ethyl adjacent to an activating group) is 1. The Morgan fingerprint density at radius 1 is 1.20 bits per heavy atom. The monoisotopic (exact) mass is 354 g/mol. The van der Waals surface area contributed by atoms with E-state index in [2.05, 4.69) is 4.98 Å². The second-order valence-corrected chi connectivity index (χ2v) is 7.26. The summed E-state index contributed by atoms with van der Waals surface area (Å²) in [6.07, 6.45) is 0. The van der Waals surface area contributed by atoms with E-state index in [-0.39, 0.29) is 17.0 Å². The molecule has 0 radical (unpaired) electrons. The van der Waals surface area contributed by atoms with Crippen LogP contribution >= 0.6 is 11.8 Å². The average Bonchev–Trinajstić information content (AvgIpc) is 3.01. The zero-order chi connectivity index (χ0) is 17.6. The van der Waals surface area contributed by atoms with Gasteiger partial charge in [-0.1, -0.05) is 18.2 Å². The first-order valence-electron chi connectivity index (χ1n) is 8.50. The van der Waals surface area contributed by atoms with E-state index >= 15 is 0 Å². The molecule has 0 fully saturated rings. The Bertz CT molecular complexity index is 961. The van der Waals surface area contributed by atoms with E-state index in [0.717, 1.165) is 32.6 Å². The van der Waals surface area contributed by atoms with Gasteiger partial charge in [0.25, 0.3) is 0 Å². The summed E-state index contributed by atoms with van der Waals surface area (Å²) in [5, 5.41) is 0.433. The first kappa shape index (κ1) is 16.2. The van der Waals surface area contributed by atoms with Crippen molar-refractivity contribution < 1.29 is 9.18 Å². The first-order chi connectivity index (χ1) is 12.1. The van der Waals surface area contributed by atoms with Crippen molar-refractivity contribution in [2.45, 2.75) is 24.0 Å². The number of halogens is 1. The maximum absolute atomic E-state index is 13.9. The minimum atomic E-state index is -0.361. The molecule has 2 heterocycles. The van der Waals surface area contributed by atoms with Crippen molar-refractivity contribution >= 4 is 28.6 Å². The molecule has 2 aromatic carbocycles. The van der Waals surface area contributed by atoms with E-state index in [9.17, 15) is 9.18 Å². The zero-order valence-electron chi connectivity index (χ0n) is 14.2. The van der Waals surface area contributed by atoms with Gasteiger partial charge < -0.3 is 9.88 Å². The van der Waals surface area contributed by atoms with Crippen LogP contribution in [0.4, 0.5) is 4.39 Å². The Hall–Kier alpha value is -2.27. The van der Waals surface area contributed by atoms with Crippen molar-refractivity contribution in [2.24, 2.45) is 0 Å². The van der Waals surface area contributed by atoms with Gasteiger partial charge in [-0.05, 0) is 38.1 Å². The van der Waals surface area contributed by atoms with Gasteiger partial charge in [0.05, 0.1) is 5.69 Å². The summed E-state index contributed by atoms with van der Waals surface area (Å²) in [5.74, 6) is -0.205. The second-order valence-electron chi connectivity index (χ2n) is 6.11. The molecule has 5 heteroatoms. The third kappa shape index (κ3) is 2.54. The van der Waals surface area contributed by atoms with E-state index in [1.165, 1.54) is 12.1 Å². The minimum Gasteiger partial charge on any atom is -0.354 e. The molecule has 0 bridgehead atoms. The second kappa shape index (κ2) is 6.23. The molecular formula is C20H19FN2OS. The lowest BCUT2D eigenvalue weighted by molar-refractivity contribution is -0.130. The van der Waals surface area contributed by atoms with Gasteiger partial charge in [0.1, 0.15) is 11.1 Å². The lowest BCUT2D eigenvalue weighted by Crippen LogP contribution is -2.34. The van der Waals surface area contributed by atoms with E-state index in [1.54, 1.807) is 17.8 Å². The van der Waals surface area contributed by atoms with Crippen LogP contribution in [0.5, 0.6) is 0 Å². The summed E-state index contributed by atoms with van der Waals surface area (Å²) in [6, 6.07) is 12.8. The van der Waals surface area contributed by atoms with Gasteiger partial charge in [-0.25, -0.2) is 4.39 Å². The predicted molar refractivity (Wildman–Crippen MR) is 100 cm³/mol. The van der Waals surface area contributed by atoms with Crippen LogP contribution in [0, 0.1) is 5.82 Å². The number of amides is 1. The molecule has 25 heavy (non-hydrogen) atoms. The zero-order valence-corrected chi connectivity index (χ0v) is 15.0. The normalized spacial score (nSPS) is 15.7. The molecule has 3 nitrogen and oxygen atoms in total. The predicted octanol–water partition coefficient (Wildman–Crippen LogP) is 4.99. The molecule has 1 aliphatic heterocycles. The number of fused-ring (bicyclic) bond motifs is 5. The molecule has 0 spiro atoms. The third-order valence-electron chi connectivity index (χ3n) is 4.76. The topological polar surface area (TPSA) is 36.1 Å². The van der Waals surface area contributed by atoms with E-state index in [1.807, 2.05) is 43.0 Å². The van der Waals surface area contributed by atoms with Gasteiger partial charge in [-0.2, -0.15) is 0 Å². The average molecular weight is 354 g/mol. The summed E-state index contributed by atoms with van der Waals surface area (Å²) < 4.78 is 13.9.